The molecule has 0 aliphatic heterocycles. The molecule has 1 heterocycles. The van der Waals surface area contributed by atoms with E-state index in [9.17, 15) is 9.59 Å². The SMILES string of the molecule is CC(C)NC(=O)NCc1ccc(C(=O)NCCc2c[nH]c3ccccc23)cc1. The summed E-state index contributed by atoms with van der Waals surface area (Å²) in [6, 6.07) is 15.3. The van der Waals surface area contributed by atoms with Crippen molar-refractivity contribution in [2.75, 3.05) is 6.54 Å². The summed E-state index contributed by atoms with van der Waals surface area (Å²) in [6.45, 7) is 4.80. The highest BCUT2D eigenvalue weighted by Gasteiger charge is 2.07. The Hall–Kier alpha value is -3.28. The first-order valence-electron chi connectivity index (χ1n) is 9.49. The van der Waals surface area contributed by atoms with E-state index < -0.39 is 0 Å². The van der Waals surface area contributed by atoms with Gasteiger partial charge >= 0.3 is 6.03 Å². The summed E-state index contributed by atoms with van der Waals surface area (Å²) in [5.41, 5.74) is 3.84. The van der Waals surface area contributed by atoms with E-state index in [0.717, 1.165) is 17.5 Å². The first kappa shape index (κ1) is 19.5. The minimum Gasteiger partial charge on any atom is -0.361 e. The number of aromatic nitrogens is 1. The lowest BCUT2D eigenvalue weighted by Gasteiger charge is -2.10. The molecule has 2 aromatic carbocycles. The molecule has 28 heavy (non-hydrogen) atoms. The van der Waals surface area contributed by atoms with Gasteiger partial charge in [-0.2, -0.15) is 0 Å². The third kappa shape index (κ3) is 5.13. The van der Waals surface area contributed by atoms with Gasteiger partial charge in [0.2, 0.25) is 0 Å². The first-order chi connectivity index (χ1) is 13.5. The van der Waals surface area contributed by atoms with Crippen molar-refractivity contribution in [3.8, 4) is 0 Å². The molecule has 146 valence electrons. The largest absolute Gasteiger partial charge is 0.361 e. The van der Waals surface area contributed by atoms with Gasteiger partial charge in [-0.05, 0) is 49.6 Å². The van der Waals surface area contributed by atoms with Crippen molar-refractivity contribution < 1.29 is 9.59 Å². The number of para-hydroxylation sites is 1. The van der Waals surface area contributed by atoms with Gasteiger partial charge in [0, 0.05) is 41.8 Å². The summed E-state index contributed by atoms with van der Waals surface area (Å²) in [6.07, 6.45) is 2.76. The molecular weight excluding hydrogens is 352 g/mol. The average Bonchev–Trinajstić information content (AvgIpc) is 3.09. The maximum absolute atomic E-state index is 12.3. The van der Waals surface area contributed by atoms with Crippen LogP contribution in [0.5, 0.6) is 0 Å². The topological polar surface area (TPSA) is 86.0 Å². The molecule has 3 rings (SSSR count). The van der Waals surface area contributed by atoms with Crippen LogP contribution in [0.2, 0.25) is 0 Å². The quantitative estimate of drug-likeness (QED) is 0.508. The van der Waals surface area contributed by atoms with E-state index in [1.165, 1.54) is 10.9 Å². The fourth-order valence-electron chi connectivity index (χ4n) is 3.02. The van der Waals surface area contributed by atoms with E-state index in [1.807, 2.05) is 50.4 Å². The molecule has 0 aliphatic rings. The third-order valence-electron chi connectivity index (χ3n) is 4.44. The van der Waals surface area contributed by atoms with Gasteiger partial charge in [0.25, 0.3) is 5.91 Å². The summed E-state index contributed by atoms with van der Waals surface area (Å²) >= 11 is 0. The fourth-order valence-corrected chi connectivity index (χ4v) is 3.02. The van der Waals surface area contributed by atoms with Crippen LogP contribution in [0.3, 0.4) is 0 Å². The second-order valence-electron chi connectivity index (χ2n) is 7.04. The highest BCUT2D eigenvalue weighted by Crippen LogP contribution is 2.17. The Morgan fingerprint density at radius 1 is 1.00 bits per heavy atom. The highest BCUT2D eigenvalue weighted by atomic mass is 16.2. The van der Waals surface area contributed by atoms with E-state index in [2.05, 4.69) is 27.0 Å². The van der Waals surface area contributed by atoms with Crippen molar-refractivity contribution in [1.82, 2.24) is 20.9 Å². The number of rotatable bonds is 7. The number of carbonyl (C=O) groups is 2. The molecule has 0 spiro atoms. The van der Waals surface area contributed by atoms with Crippen molar-refractivity contribution in [3.63, 3.8) is 0 Å². The zero-order valence-electron chi connectivity index (χ0n) is 16.2. The van der Waals surface area contributed by atoms with E-state index in [0.29, 0.717) is 18.7 Å². The number of H-pyrrole nitrogens is 1. The predicted molar refractivity (Wildman–Crippen MR) is 111 cm³/mol. The Bertz CT molecular complexity index is 945. The smallest absolute Gasteiger partial charge is 0.315 e. The van der Waals surface area contributed by atoms with E-state index in [4.69, 9.17) is 0 Å². The molecule has 0 saturated heterocycles. The number of nitrogens with one attached hydrogen (secondary N) is 4. The van der Waals surface area contributed by atoms with Gasteiger partial charge in [0.15, 0.2) is 0 Å². The molecule has 3 aromatic rings. The predicted octanol–water partition coefficient (Wildman–Crippen LogP) is 3.35. The molecule has 0 bridgehead atoms. The zero-order valence-corrected chi connectivity index (χ0v) is 16.2. The van der Waals surface area contributed by atoms with Gasteiger partial charge < -0.3 is 20.9 Å². The van der Waals surface area contributed by atoms with Gasteiger partial charge in [-0.3, -0.25) is 4.79 Å². The van der Waals surface area contributed by atoms with Crippen molar-refractivity contribution in [1.29, 1.82) is 0 Å². The summed E-state index contributed by atoms with van der Waals surface area (Å²) in [7, 11) is 0. The van der Waals surface area contributed by atoms with Crippen molar-refractivity contribution in [3.05, 3.63) is 71.4 Å². The van der Waals surface area contributed by atoms with Crippen LogP contribution in [0.15, 0.2) is 54.7 Å². The zero-order chi connectivity index (χ0) is 19.9. The molecule has 0 radical (unpaired) electrons. The number of carbonyl (C=O) groups excluding carboxylic acids is 2. The van der Waals surface area contributed by atoms with E-state index in [1.54, 1.807) is 12.1 Å². The van der Waals surface area contributed by atoms with Crippen LogP contribution in [-0.2, 0) is 13.0 Å². The number of hydrogen-bond donors (Lipinski definition) is 4. The summed E-state index contributed by atoms with van der Waals surface area (Å²) in [4.78, 5) is 27.2. The first-order valence-corrected chi connectivity index (χ1v) is 9.49. The second-order valence-corrected chi connectivity index (χ2v) is 7.04. The van der Waals surface area contributed by atoms with Crippen LogP contribution in [0.4, 0.5) is 4.79 Å². The normalized spacial score (nSPS) is 10.8. The molecule has 0 aliphatic carbocycles. The molecule has 0 atom stereocenters. The average molecular weight is 378 g/mol. The van der Waals surface area contributed by atoms with Crippen LogP contribution in [-0.4, -0.2) is 29.5 Å². The lowest BCUT2D eigenvalue weighted by molar-refractivity contribution is 0.0954. The molecule has 1 aromatic heterocycles. The minimum atomic E-state index is -0.200. The molecule has 0 saturated carbocycles. The van der Waals surface area contributed by atoms with E-state index >= 15 is 0 Å². The van der Waals surface area contributed by atoms with Crippen molar-refractivity contribution in [2.24, 2.45) is 0 Å². The van der Waals surface area contributed by atoms with Crippen LogP contribution in [0, 0.1) is 0 Å². The lowest BCUT2D eigenvalue weighted by Crippen LogP contribution is -2.39. The Kier molecular flexibility index (Phi) is 6.32. The summed E-state index contributed by atoms with van der Waals surface area (Å²) in [5.74, 6) is -0.100. The molecule has 6 heteroatoms. The second kappa shape index (κ2) is 9.08. The maximum Gasteiger partial charge on any atom is 0.315 e. The monoisotopic (exact) mass is 378 g/mol. The number of aromatic amines is 1. The van der Waals surface area contributed by atoms with Crippen molar-refractivity contribution in [2.45, 2.75) is 32.9 Å². The number of benzene rings is 2. The van der Waals surface area contributed by atoms with Crippen LogP contribution < -0.4 is 16.0 Å². The molecule has 0 fully saturated rings. The van der Waals surface area contributed by atoms with Crippen LogP contribution >= 0.6 is 0 Å². The van der Waals surface area contributed by atoms with Gasteiger partial charge in [-0.15, -0.1) is 0 Å². The molecule has 0 unspecified atom stereocenters. The van der Waals surface area contributed by atoms with Crippen molar-refractivity contribution >= 4 is 22.8 Å². The Morgan fingerprint density at radius 2 is 1.75 bits per heavy atom. The molecule has 3 amide bonds. The van der Waals surface area contributed by atoms with Gasteiger partial charge in [0.1, 0.15) is 0 Å². The molecule has 4 N–H and O–H groups in total. The van der Waals surface area contributed by atoms with Crippen LogP contribution in [0.1, 0.15) is 35.3 Å². The molecule has 6 nitrogen and oxygen atoms in total. The number of fused-ring (bicyclic) bond motifs is 1. The number of urea groups is 1. The standard InChI is InChI=1S/C22H26N4O2/c1-15(2)26-22(28)25-13-16-7-9-17(10-8-16)21(27)23-12-11-18-14-24-20-6-4-3-5-19(18)20/h3-10,14-15,24H,11-13H2,1-2H3,(H,23,27)(H2,25,26,28). The lowest BCUT2D eigenvalue weighted by atomic mass is 10.1. The Balaban J connectivity index is 1.47. The third-order valence-corrected chi connectivity index (χ3v) is 4.44. The van der Waals surface area contributed by atoms with Gasteiger partial charge in [0.05, 0.1) is 0 Å². The fraction of sp³-hybridized carbons (Fsp3) is 0.273. The van der Waals surface area contributed by atoms with Gasteiger partial charge in [-0.25, -0.2) is 4.79 Å². The summed E-state index contributed by atoms with van der Waals surface area (Å²) in [5, 5.41) is 9.71. The minimum absolute atomic E-state index is 0.0929. The van der Waals surface area contributed by atoms with E-state index in [-0.39, 0.29) is 18.0 Å². The number of hydrogen-bond acceptors (Lipinski definition) is 2. The maximum atomic E-state index is 12.3. The summed E-state index contributed by atoms with van der Waals surface area (Å²) < 4.78 is 0. The van der Waals surface area contributed by atoms with Gasteiger partial charge in [-0.1, -0.05) is 30.3 Å². The highest BCUT2D eigenvalue weighted by molar-refractivity contribution is 5.94. The van der Waals surface area contributed by atoms with Crippen LogP contribution in [0.25, 0.3) is 10.9 Å². The number of amides is 3. The molecular formula is C22H26N4O2. The Morgan fingerprint density at radius 3 is 2.50 bits per heavy atom. The Labute approximate surface area is 164 Å².